The van der Waals surface area contributed by atoms with E-state index >= 15 is 0 Å². The van der Waals surface area contributed by atoms with Crippen molar-refractivity contribution < 1.29 is 22.3 Å². The Bertz CT molecular complexity index is 920. The van der Waals surface area contributed by atoms with Crippen LogP contribution in [0.25, 0.3) is 10.8 Å². The Labute approximate surface area is 141 Å². The van der Waals surface area contributed by atoms with Crippen LogP contribution in [0, 0.1) is 5.41 Å². The topological polar surface area (TPSA) is 83.8 Å². The highest BCUT2D eigenvalue weighted by Gasteiger charge is 2.51. The highest BCUT2D eigenvalue weighted by molar-refractivity contribution is 7.80. The van der Waals surface area contributed by atoms with Crippen LogP contribution in [0.15, 0.2) is 30.3 Å². The molecular formula is C18H20O5S. The molecule has 24 heavy (non-hydrogen) atoms. The van der Waals surface area contributed by atoms with E-state index in [1.807, 2.05) is 12.1 Å². The highest BCUT2D eigenvalue weighted by atomic mass is 32.3. The number of aryl methyl sites for hydroxylation is 1. The van der Waals surface area contributed by atoms with Gasteiger partial charge in [-0.25, -0.2) is 4.18 Å². The first-order valence-electron chi connectivity index (χ1n) is 8.18. The quantitative estimate of drug-likeness (QED) is 0.811. The lowest BCUT2D eigenvalue weighted by molar-refractivity contribution is 0.0613. The van der Waals surface area contributed by atoms with Crippen LogP contribution in [-0.2, 0) is 21.0 Å². The first-order valence-corrected chi connectivity index (χ1v) is 9.55. The highest BCUT2D eigenvalue weighted by Crippen LogP contribution is 2.57. The second-order valence-electron chi connectivity index (χ2n) is 7.19. The molecule has 2 N–H and O–H groups in total. The van der Waals surface area contributed by atoms with Crippen LogP contribution in [0.1, 0.15) is 43.2 Å². The van der Waals surface area contributed by atoms with Crippen molar-refractivity contribution in [2.24, 2.45) is 5.41 Å². The third-order valence-corrected chi connectivity index (χ3v) is 6.40. The molecule has 0 aromatic heterocycles. The van der Waals surface area contributed by atoms with Crippen molar-refractivity contribution in [2.45, 2.75) is 44.6 Å². The fourth-order valence-corrected chi connectivity index (χ4v) is 5.36. The Morgan fingerprint density at radius 1 is 1.21 bits per heavy atom. The number of benzene rings is 2. The zero-order valence-corrected chi connectivity index (χ0v) is 14.2. The van der Waals surface area contributed by atoms with Crippen molar-refractivity contribution in [3.63, 3.8) is 0 Å². The maximum Gasteiger partial charge on any atom is 0.397 e. The van der Waals surface area contributed by atoms with E-state index in [4.69, 9.17) is 8.74 Å². The van der Waals surface area contributed by atoms with Gasteiger partial charge in [0.05, 0.1) is 6.10 Å². The van der Waals surface area contributed by atoms with Crippen molar-refractivity contribution in [3.05, 3.63) is 41.5 Å². The normalized spacial score (nSPS) is 29.4. The standard InChI is InChI=1S/C18H20O5S/c1-18-9-8-14-13-5-3-12(19)10-11(13)2-4-15(14)16(18)6-7-17(18)23-24(20,21)22/h2-5,10,16-17,19H,6-9H2,1H3,(H,20,21,22)/t16-,17-,18-/m0/s1. The summed E-state index contributed by atoms with van der Waals surface area (Å²) < 4.78 is 36.4. The number of rotatable bonds is 2. The Morgan fingerprint density at radius 2 is 2.00 bits per heavy atom. The molecule has 1 saturated carbocycles. The van der Waals surface area contributed by atoms with Gasteiger partial charge in [0.25, 0.3) is 0 Å². The van der Waals surface area contributed by atoms with Crippen molar-refractivity contribution in [1.29, 1.82) is 0 Å². The fourth-order valence-electron chi connectivity index (χ4n) is 4.75. The summed E-state index contributed by atoms with van der Waals surface area (Å²) in [6.45, 7) is 2.06. The first-order chi connectivity index (χ1) is 11.3. The van der Waals surface area contributed by atoms with E-state index in [-0.39, 0.29) is 17.1 Å². The van der Waals surface area contributed by atoms with E-state index in [1.165, 1.54) is 11.1 Å². The van der Waals surface area contributed by atoms with Crippen LogP contribution >= 0.6 is 0 Å². The van der Waals surface area contributed by atoms with Crippen LogP contribution in [0.2, 0.25) is 0 Å². The van der Waals surface area contributed by atoms with Gasteiger partial charge in [0, 0.05) is 5.41 Å². The van der Waals surface area contributed by atoms with E-state index in [1.54, 1.807) is 12.1 Å². The van der Waals surface area contributed by atoms with Gasteiger partial charge < -0.3 is 5.11 Å². The van der Waals surface area contributed by atoms with Crippen LogP contribution in [-0.4, -0.2) is 24.2 Å². The SMILES string of the molecule is C[C@]12CCc3c(ccc4cc(O)ccc34)[C@@H]1CC[C@@H]2OS(=O)(=O)O. The minimum absolute atomic E-state index is 0.214. The van der Waals surface area contributed by atoms with Crippen molar-refractivity contribution in [1.82, 2.24) is 0 Å². The van der Waals surface area contributed by atoms with Crippen molar-refractivity contribution >= 4 is 21.2 Å². The number of phenols is 1. The van der Waals surface area contributed by atoms with Gasteiger partial charge in [-0.2, -0.15) is 8.42 Å². The summed E-state index contributed by atoms with van der Waals surface area (Å²) in [4.78, 5) is 0. The molecule has 0 bridgehead atoms. The summed E-state index contributed by atoms with van der Waals surface area (Å²) in [6.07, 6.45) is 2.61. The van der Waals surface area contributed by atoms with Gasteiger partial charge in [0.2, 0.25) is 0 Å². The summed E-state index contributed by atoms with van der Waals surface area (Å²) in [5.74, 6) is 0.469. The second-order valence-corrected chi connectivity index (χ2v) is 8.24. The molecule has 0 unspecified atom stereocenters. The largest absolute Gasteiger partial charge is 0.508 e. The van der Waals surface area contributed by atoms with Crippen LogP contribution < -0.4 is 0 Å². The van der Waals surface area contributed by atoms with Crippen molar-refractivity contribution in [3.8, 4) is 5.75 Å². The molecule has 2 aromatic rings. The molecule has 5 nitrogen and oxygen atoms in total. The van der Waals surface area contributed by atoms with Crippen LogP contribution in [0.4, 0.5) is 0 Å². The summed E-state index contributed by atoms with van der Waals surface area (Å²) in [5.41, 5.74) is 2.22. The molecule has 0 spiro atoms. The number of hydrogen-bond donors (Lipinski definition) is 2. The first kappa shape index (κ1) is 15.9. The zero-order valence-electron chi connectivity index (χ0n) is 13.4. The van der Waals surface area contributed by atoms with Gasteiger partial charge in [-0.15, -0.1) is 0 Å². The zero-order chi connectivity index (χ0) is 17.1. The molecule has 2 aliphatic carbocycles. The lowest BCUT2D eigenvalue weighted by Crippen LogP contribution is -2.38. The molecule has 0 saturated heterocycles. The average Bonchev–Trinajstić information content (AvgIpc) is 2.82. The molecular weight excluding hydrogens is 328 g/mol. The molecule has 0 aliphatic heterocycles. The van der Waals surface area contributed by atoms with E-state index in [0.717, 1.165) is 30.0 Å². The Balaban J connectivity index is 1.79. The Hall–Kier alpha value is -1.63. The summed E-state index contributed by atoms with van der Waals surface area (Å²) in [5, 5.41) is 11.8. The molecule has 4 rings (SSSR count). The molecule has 0 radical (unpaired) electrons. The third-order valence-electron chi connectivity index (χ3n) is 5.93. The third kappa shape index (κ3) is 2.41. The number of fused-ring (bicyclic) bond motifs is 5. The van der Waals surface area contributed by atoms with Gasteiger partial charge in [-0.1, -0.05) is 25.1 Å². The van der Waals surface area contributed by atoms with E-state index in [0.29, 0.717) is 6.42 Å². The molecule has 0 heterocycles. The van der Waals surface area contributed by atoms with E-state index < -0.39 is 16.5 Å². The maximum atomic E-state index is 11.2. The summed E-state index contributed by atoms with van der Waals surface area (Å²) in [7, 11) is -4.44. The lowest BCUT2D eigenvalue weighted by Gasteiger charge is -2.41. The van der Waals surface area contributed by atoms with Gasteiger partial charge in [0.15, 0.2) is 0 Å². The minimum Gasteiger partial charge on any atom is -0.508 e. The van der Waals surface area contributed by atoms with E-state index in [2.05, 4.69) is 13.0 Å². The molecule has 128 valence electrons. The van der Waals surface area contributed by atoms with Gasteiger partial charge in [-0.3, -0.25) is 4.55 Å². The maximum absolute atomic E-state index is 11.2. The molecule has 3 atom stereocenters. The number of hydrogen-bond acceptors (Lipinski definition) is 4. The number of phenolic OH excluding ortho intramolecular Hbond substituents is 1. The van der Waals surface area contributed by atoms with Gasteiger partial charge >= 0.3 is 10.4 Å². The van der Waals surface area contributed by atoms with Gasteiger partial charge in [0.1, 0.15) is 5.75 Å². The van der Waals surface area contributed by atoms with E-state index in [9.17, 15) is 13.5 Å². The average molecular weight is 348 g/mol. The minimum atomic E-state index is -4.44. The molecule has 2 aliphatic rings. The Morgan fingerprint density at radius 3 is 2.75 bits per heavy atom. The van der Waals surface area contributed by atoms with Crippen LogP contribution in [0.3, 0.4) is 0 Å². The fraction of sp³-hybridized carbons (Fsp3) is 0.444. The van der Waals surface area contributed by atoms with Crippen LogP contribution in [0.5, 0.6) is 5.75 Å². The van der Waals surface area contributed by atoms with Crippen molar-refractivity contribution in [2.75, 3.05) is 0 Å². The second kappa shape index (κ2) is 5.18. The smallest absolute Gasteiger partial charge is 0.397 e. The summed E-state index contributed by atoms with van der Waals surface area (Å²) in [6, 6.07) is 9.52. The molecule has 0 amide bonds. The van der Waals surface area contributed by atoms with Gasteiger partial charge in [-0.05, 0) is 65.6 Å². The predicted octanol–water partition coefficient (Wildman–Crippen LogP) is 3.56. The summed E-state index contributed by atoms with van der Waals surface area (Å²) >= 11 is 0. The molecule has 6 heteroatoms. The molecule has 1 fully saturated rings. The predicted molar refractivity (Wildman–Crippen MR) is 90.4 cm³/mol. The lowest BCUT2D eigenvalue weighted by atomic mass is 9.65. The Kier molecular flexibility index (Phi) is 3.43. The molecule has 2 aromatic carbocycles. The number of aromatic hydroxyl groups is 1. The monoisotopic (exact) mass is 348 g/mol.